The number of benzene rings is 1. The van der Waals surface area contributed by atoms with E-state index in [9.17, 15) is 0 Å². The fraction of sp³-hybridized carbons (Fsp3) is 0.0909. The molecule has 0 aromatic heterocycles. The lowest BCUT2D eigenvalue weighted by molar-refractivity contribution is 1.41. The summed E-state index contributed by atoms with van der Waals surface area (Å²) in [6, 6.07) is 6.13. The lowest BCUT2D eigenvalue weighted by atomic mass is 10.0. The minimum Gasteiger partial charge on any atom is -0.0985 e. The Labute approximate surface area is 81.7 Å². The molecule has 0 fully saturated rings. The highest BCUT2D eigenvalue weighted by Crippen LogP contribution is 2.21. The molecule has 0 heterocycles. The zero-order valence-corrected chi connectivity index (χ0v) is 8.69. The van der Waals surface area contributed by atoms with Crippen molar-refractivity contribution in [2.45, 2.75) is 6.92 Å². The number of rotatable bonds is 2. The van der Waals surface area contributed by atoms with Crippen LogP contribution in [-0.4, -0.2) is 0 Å². The number of hydrogen-bond donors (Lipinski definition) is 0. The molecule has 0 unspecified atom stereocenters. The average Bonchev–Trinajstić information content (AvgIpc) is 2.03. The van der Waals surface area contributed by atoms with Crippen LogP contribution in [0.3, 0.4) is 0 Å². The Morgan fingerprint density at radius 2 is 2.17 bits per heavy atom. The molecule has 0 aliphatic heterocycles. The van der Waals surface area contributed by atoms with E-state index < -0.39 is 0 Å². The summed E-state index contributed by atoms with van der Waals surface area (Å²) < 4.78 is 1.10. The van der Waals surface area contributed by atoms with Gasteiger partial charge in [-0.25, -0.2) is 0 Å². The third-order valence-corrected chi connectivity index (χ3v) is 2.27. The zero-order chi connectivity index (χ0) is 9.14. The van der Waals surface area contributed by atoms with Gasteiger partial charge in [-0.3, -0.25) is 0 Å². The van der Waals surface area contributed by atoms with Gasteiger partial charge in [0.05, 0.1) is 0 Å². The largest absolute Gasteiger partial charge is 0.0985 e. The van der Waals surface area contributed by atoms with Crippen LogP contribution in [0.15, 0.2) is 41.9 Å². The SMILES string of the molecule is C=CC(=C)c1ccc(Br)cc1C. The number of hydrogen-bond acceptors (Lipinski definition) is 0. The van der Waals surface area contributed by atoms with Crippen LogP contribution in [0, 0.1) is 6.92 Å². The van der Waals surface area contributed by atoms with Gasteiger partial charge in [0, 0.05) is 4.47 Å². The molecule has 0 atom stereocenters. The molecule has 0 aliphatic carbocycles. The molecule has 0 bridgehead atoms. The number of allylic oxidation sites excluding steroid dienone is 2. The molecule has 1 rings (SSSR count). The van der Waals surface area contributed by atoms with E-state index in [2.05, 4.69) is 42.1 Å². The quantitative estimate of drug-likeness (QED) is 0.665. The van der Waals surface area contributed by atoms with Gasteiger partial charge in [-0.05, 0) is 35.8 Å². The first-order valence-electron chi connectivity index (χ1n) is 3.73. The molecule has 12 heavy (non-hydrogen) atoms. The predicted molar refractivity (Wildman–Crippen MR) is 58.1 cm³/mol. The van der Waals surface area contributed by atoms with Gasteiger partial charge in [-0.15, -0.1) is 0 Å². The highest BCUT2D eigenvalue weighted by atomic mass is 79.9. The summed E-state index contributed by atoms with van der Waals surface area (Å²) in [4.78, 5) is 0. The van der Waals surface area contributed by atoms with Gasteiger partial charge in [0.1, 0.15) is 0 Å². The van der Waals surface area contributed by atoms with Crippen LogP contribution >= 0.6 is 15.9 Å². The van der Waals surface area contributed by atoms with Crippen LogP contribution in [0.4, 0.5) is 0 Å². The van der Waals surface area contributed by atoms with Gasteiger partial charge in [0.25, 0.3) is 0 Å². The maximum Gasteiger partial charge on any atom is 0.0178 e. The minimum atomic E-state index is 0.972. The number of aryl methyl sites for hydroxylation is 1. The van der Waals surface area contributed by atoms with E-state index in [0.717, 1.165) is 15.6 Å². The molecule has 0 nitrogen and oxygen atoms in total. The van der Waals surface area contributed by atoms with Crippen molar-refractivity contribution in [3.63, 3.8) is 0 Å². The Morgan fingerprint density at radius 1 is 1.50 bits per heavy atom. The first-order valence-corrected chi connectivity index (χ1v) is 4.52. The molecule has 0 spiro atoms. The normalized spacial score (nSPS) is 9.50. The van der Waals surface area contributed by atoms with E-state index in [1.54, 1.807) is 6.08 Å². The predicted octanol–water partition coefficient (Wildman–Crippen LogP) is 3.96. The van der Waals surface area contributed by atoms with Crippen molar-refractivity contribution in [2.24, 2.45) is 0 Å². The first-order chi connectivity index (χ1) is 5.65. The van der Waals surface area contributed by atoms with E-state index in [1.807, 2.05) is 12.1 Å². The molecular formula is C11H11Br. The molecule has 0 saturated carbocycles. The van der Waals surface area contributed by atoms with Crippen LogP contribution in [-0.2, 0) is 0 Å². The second kappa shape index (κ2) is 3.72. The Hall–Kier alpha value is -0.820. The fourth-order valence-electron chi connectivity index (χ4n) is 1.10. The van der Waals surface area contributed by atoms with E-state index >= 15 is 0 Å². The van der Waals surface area contributed by atoms with Crippen LogP contribution in [0.2, 0.25) is 0 Å². The lowest BCUT2D eigenvalue weighted by Gasteiger charge is -2.04. The number of halogens is 1. The second-order valence-corrected chi connectivity index (χ2v) is 3.60. The van der Waals surface area contributed by atoms with Gasteiger partial charge >= 0.3 is 0 Å². The van der Waals surface area contributed by atoms with Gasteiger partial charge in [0.2, 0.25) is 0 Å². The summed E-state index contributed by atoms with van der Waals surface area (Å²) in [5.74, 6) is 0. The molecule has 1 heteroatoms. The summed E-state index contributed by atoms with van der Waals surface area (Å²) in [5.41, 5.74) is 3.35. The van der Waals surface area contributed by atoms with Crippen molar-refractivity contribution in [2.75, 3.05) is 0 Å². The van der Waals surface area contributed by atoms with Crippen molar-refractivity contribution in [1.29, 1.82) is 0 Å². The molecule has 0 aliphatic rings. The van der Waals surface area contributed by atoms with Gasteiger partial charge < -0.3 is 0 Å². The molecule has 1 aromatic rings. The van der Waals surface area contributed by atoms with E-state index in [-0.39, 0.29) is 0 Å². The van der Waals surface area contributed by atoms with Gasteiger partial charge in [0.15, 0.2) is 0 Å². The van der Waals surface area contributed by atoms with Crippen LogP contribution in [0.5, 0.6) is 0 Å². The van der Waals surface area contributed by atoms with Gasteiger partial charge in [-0.2, -0.15) is 0 Å². The monoisotopic (exact) mass is 222 g/mol. The minimum absolute atomic E-state index is 0.972. The first kappa shape index (κ1) is 9.27. The van der Waals surface area contributed by atoms with Crippen molar-refractivity contribution in [3.05, 3.63) is 53.0 Å². The molecule has 0 N–H and O–H groups in total. The van der Waals surface area contributed by atoms with E-state index in [4.69, 9.17) is 0 Å². The maximum atomic E-state index is 3.90. The standard InChI is InChI=1S/C11H11Br/c1-4-8(2)11-6-5-10(12)7-9(11)3/h4-7H,1-2H2,3H3. The maximum absolute atomic E-state index is 3.90. The summed E-state index contributed by atoms with van der Waals surface area (Å²) in [6.07, 6.45) is 1.77. The smallest absolute Gasteiger partial charge is 0.0178 e. The Bertz CT molecular complexity index is 324. The zero-order valence-electron chi connectivity index (χ0n) is 7.10. The van der Waals surface area contributed by atoms with Crippen molar-refractivity contribution < 1.29 is 0 Å². The third-order valence-electron chi connectivity index (χ3n) is 1.78. The van der Waals surface area contributed by atoms with Crippen LogP contribution in [0.25, 0.3) is 5.57 Å². The summed E-state index contributed by atoms with van der Waals surface area (Å²) >= 11 is 3.41. The second-order valence-electron chi connectivity index (χ2n) is 2.69. The van der Waals surface area contributed by atoms with Crippen molar-refractivity contribution in [3.8, 4) is 0 Å². The highest BCUT2D eigenvalue weighted by Gasteiger charge is 1.99. The molecular weight excluding hydrogens is 212 g/mol. The van der Waals surface area contributed by atoms with Crippen LogP contribution in [0.1, 0.15) is 11.1 Å². The summed E-state index contributed by atoms with van der Waals surface area (Å²) in [7, 11) is 0. The molecule has 62 valence electrons. The summed E-state index contributed by atoms with van der Waals surface area (Å²) in [6.45, 7) is 9.65. The van der Waals surface area contributed by atoms with Crippen molar-refractivity contribution >= 4 is 21.5 Å². The summed E-state index contributed by atoms with van der Waals surface area (Å²) in [5, 5.41) is 0. The lowest BCUT2D eigenvalue weighted by Crippen LogP contribution is -1.84. The van der Waals surface area contributed by atoms with E-state index in [1.165, 1.54) is 5.56 Å². The van der Waals surface area contributed by atoms with Crippen LogP contribution < -0.4 is 0 Å². The van der Waals surface area contributed by atoms with Gasteiger partial charge in [-0.1, -0.05) is 41.2 Å². The molecule has 0 radical (unpaired) electrons. The highest BCUT2D eigenvalue weighted by molar-refractivity contribution is 9.10. The van der Waals surface area contributed by atoms with Crippen molar-refractivity contribution in [1.82, 2.24) is 0 Å². The Kier molecular flexibility index (Phi) is 2.88. The fourth-order valence-corrected chi connectivity index (χ4v) is 1.57. The molecule has 0 amide bonds. The Balaban J connectivity index is 3.18. The molecule has 0 saturated heterocycles. The van der Waals surface area contributed by atoms with E-state index in [0.29, 0.717) is 0 Å². The molecule has 1 aromatic carbocycles. The average molecular weight is 223 g/mol. The Morgan fingerprint density at radius 3 is 2.67 bits per heavy atom. The third kappa shape index (κ3) is 1.86. The topological polar surface area (TPSA) is 0 Å².